The number of benzene rings is 1. The second-order valence-corrected chi connectivity index (χ2v) is 8.19. The Hall–Kier alpha value is -2.08. The summed E-state index contributed by atoms with van der Waals surface area (Å²) in [6, 6.07) is 9.66. The van der Waals surface area contributed by atoms with Gasteiger partial charge in [0.25, 0.3) is 0 Å². The van der Waals surface area contributed by atoms with E-state index in [1.54, 1.807) is 11.8 Å². The van der Waals surface area contributed by atoms with E-state index in [4.69, 9.17) is 11.6 Å². The molecule has 2 aliphatic heterocycles. The molecule has 0 N–H and O–H groups in total. The highest BCUT2D eigenvalue weighted by molar-refractivity contribution is 6.29. The molecule has 2 fully saturated rings. The van der Waals surface area contributed by atoms with Crippen molar-refractivity contribution in [1.29, 1.82) is 0 Å². The first-order valence-electron chi connectivity index (χ1n) is 10.5. The average Bonchev–Trinajstić information content (AvgIpc) is 3.01. The van der Waals surface area contributed by atoms with Gasteiger partial charge < -0.3 is 14.7 Å². The molecule has 0 spiro atoms. The molecule has 158 valence electrons. The standard InChI is InChI=1S/C22H30ClN3O3/c1-17(27)24-12-5-6-18(9-13-24)22(29)25-14-10-20(11-15-25)26(21(28)16-23)19-7-3-2-4-8-19/h2-4,7-8,18,20H,5-6,9-16H2,1H3. The molecule has 2 aliphatic rings. The molecule has 0 saturated carbocycles. The van der Waals surface area contributed by atoms with Crippen LogP contribution in [0.3, 0.4) is 0 Å². The second kappa shape index (κ2) is 10.1. The maximum absolute atomic E-state index is 13.0. The first kappa shape index (κ1) is 21.6. The van der Waals surface area contributed by atoms with Crippen molar-refractivity contribution in [2.75, 3.05) is 37.0 Å². The number of amides is 3. The molecule has 0 aromatic heterocycles. The van der Waals surface area contributed by atoms with Crippen molar-refractivity contribution < 1.29 is 14.4 Å². The lowest BCUT2D eigenvalue weighted by Crippen LogP contribution is -2.50. The molecule has 3 amide bonds. The zero-order chi connectivity index (χ0) is 20.8. The molecule has 1 aromatic rings. The van der Waals surface area contributed by atoms with Crippen LogP contribution in [0.25, 0.3) is 0 Å². The monoisotopic (exact) mass is 419 g/mol. The molecule has 1 unspecified atom stereocenters. The molecule has 3 rings (SSSR count). The van der Waals surface area contributed by atoms with E-state index in [0.29, 0.717) is 19.6 Å². The van der Waals surface area contributed by atoms with Crippen molar-refractivity contribution in [3.05, 3.63) is 30.3 Å². The fourth-order valence-electron chi connectivity index (χ4n) is 4.47. The molecular formula is C22H30ClN3O3. The number of carbonyl (C=O) groups is 3. The molecule has 1 atom stereocenters. The molecule has 0 bridgehead atoms. The second-order valence-electron chi connectivity index (χ2n) is 7.92. The van der Waals surface area contributed by atoms with E-state index in [0.717, 1.165) is 44.3 Å². The van der Waals surface area contributed by atoms with Gasteiger partial charge in [-0.25, -0.2) is 0 Å². The summed E-state index contributed by atoms with van der Waals surface area (Å²) in [6.45, 7) is 4.29. The van der Waals surface area contributed by atoms with E-state index in [1.165, 1.54) is 0 Å². The number of para-hydroxylation sites is 1. The Morgan fingerprint density at radius 2 is 1.62 bits per heavy atom. The molecule has 6 nitrogen and oxygen atoms in total. The summed E-state index contributed by atoms with van der Waals surface area (Å²) in [5.41, 5.74) is 0.857. The van der Waals surface area contributed by atoms with Gasteiger partial charge in [-0.2, -0.15) is 0 Å². The van der Waals surface area contributed by atoms with Gasteiger partial charge in [0, 0.05) is 50.7 Å². The Labute approximate surface area is 177 Å². The Morgan fingerprint density at radius 1 is 0.966 bits per heavy atom. The minimum Gasteiger partial charge on any atom is -0.343 e. The van der Waals surface area contributed by atoms with E-state index in [9.17, 15) is 14.4 Å². The zero-order valence-corrected chi connectivity index (χ0v) is 17.8. The van der Waals surface area contributed by atoms with Gasteiger partial charge in [-0.3, -0.25) is 14.4 Å². The van der Waals surface area contributed by atoms with Gasteiger partial charge in [-0.1, -0.05) is 18.2 Å². The number of alkyl halides is 1. The van der Waals surface area contributed by atoms with Crippen LogP contribution in [-0.2, 0) is 14.4 Å². The molecule has 0 aliphatic carbocycles. The third kappa shape index (κ3) is 5.30. The Morgan fingerprint density at radius 3 is 2.24 bits per heavy atom. The van der Waals surface area contributed by atoms with Crippen LogP contribution in [0.2, 0.25) is 0 Å². The van der Waals surface area contributed by atoms with Gasteiger partial charge in [0.05, 0.1) is 0 Å². The average molecular weight is 420 g/mol. The Balaban J connectivity index is 1.59. The van der Waals surface area contributed by atoms with E-state index in [-0.39, 0.29) is 35.6 Å². The molecule has 0 radical (unpaired) electrons. The zero-order valence-electron chi connectivity index (χ0n) is 17.1. The normalized spacial score (nSPS) is 20.8. The van der Waals surface area contributed by atoms with Crippen LogP contribution in [0.1, 0.15) is 39.0 Å². The minimum absolute atomic E-state index is 0.00870. The highest BCUT2D eigenvalue weighted by Crippen LogP contribution is 2.27. The van der Waals surface area contributed by atoms with Gasteiger partial charge in [-0.05, 0) is 44.2 Å². The summed E-state index contributed by atoms with van der Waals surface area (Å²) in [6.07, 6.45) is 3.94. The third-order valence-corrected chi connectivity index (χ3v) is 6.31. The molecule has 2 saturated heterocycles. The van der Waals surface area contributed by atoms with Crippen LogP contribution in [0.4, 0.5) is 5.69 Å². The topological polar surface area (TPSA) is 60.9 Å². The molecule has 1 aromatic carbocycles. The van der Waals surface area contributed by atoms with Gasteiger partial charge >= 0.3 is 0 Å². The fourth-order valence-corrected chi connectivity index (χ4v) is 4.60. The summed E-state index contributed by atoms with van der Waals surface area (Å²) >= 11 is 5.86. The number of likely N-dealkylation sites (tertiary alicyclic amines) is 2. The van der Waals surface area contributed by atoms with E-state index < -0.39 is 0 Å². The largest absolute Gasteiger partial charge is 0.343 e. The van der Waals surface area contributed by atoms with Crippen molar-refractivity contribution in [2.45, 2.75) is 45.1 Å². The smallest absolute Gasteiger partial charge is 0.242 e. The van der Waals surface area contributed by atoms with Crippen molar-refractivity contribution in [1.82, 2.24) is 9.80 Å². The third-order valence-electron chi connectivity index (χ3n) is 6.08. The number of hydrogen-bond donors (Lipinski definition) is 0. The summed E-state index contributed by atoms with van der Waals surface area (Å²) < 4.78 is 0. The number of rotatable bonds is 4. The number of anilines is 1. The van der Waals surface area contributed by atoms with Crippen LogP contribution >= 0.6 is 11.6 Å². The van der Waals surface area contributed by atoms with E-state index in [2.05, 4.69) is 0 Å². The van der Waals surface area contributed by atoms with E-state index in [1.807, 2.05) is 40.1 Å². The number of piperidine rings is 1. The minimum atomic E-state index is -0.101. The van der Waals surface area contributed by atoms with Crippen LogP contribution in [0, 0.1) is 5.92 Å². The number of halogens is 1. The predicted molar refractivity (Wildman–Crippen MR) is 114 cm³/mol. The van der Waals surface area contributed by atoms with Gasteiger partial charge in [0.2, 0.25) is 17.7 Å². The highest BCUT2D eigenvalue weighted by Gasteiger charge is 2.33. The highest BCUT2D eigenvalue weighted by atomic mass is 35.5. The maximum atomic E-state index is 13.0. The molecular weight excluding hydrogens is 390 g/mol. The number of carbonyl (C=O) groups excluding carboxylic acids is 3. The van der Waals surface area contributed by atoms with Crippen LogP contribution in [-0.4, -0.2) is 65.6 Å². The first-order chi connectivity index (χ1) is 14.0. The summed E-state index contributed by atoms with van der Waals surface area (Å²) in [4.78, 5) is 42.7. The maximum Gasteiger partial charge on any atom is 0.242 e. The quantitative estimate of drug-likeness (QED) is 0.705. The van der Waals surface area contributed by atoms with Crippen molar-refractivity contribution in [3.8, 4) is 0 Å². The lowest BCUT2D eigenvalue weighted by atomic mass is 9.96. The van der Waals surface area contributed by atoms with Crippen LogP contribution < -0.4 is 4.90 Å². The van der Waals surface area contributed by atoms with Crippen LogP contribution in [0.15, 0.2) is 30.3 Å². The summed E-state index contributed by atoms with van der Waals surface area (Å²) in [7, 11) is 0. The number of nitrogens with zero attached hydrogens (tertiary/aromatic N) is 3. The van der Waals surface area contributed by atoms with Gasteiger partial charge in [0.15, 0.2) is 0 Å². The van der Waals surface area contributed by atoms with Gasteiger partial charge in [0.1, 0.15) is 5.88 Å². The summed E-state index contributed by atoms with van der Waals surface area (Å²) in [5.74, 6) is 0.122. The lowest BCUT2D eigenvalue weighted by Gasteiger charge is -2.39. The van der Waals surface area contributed by atoms with Crippen molar-refractivity contribution in [3.63, 3.8) is 0 Å². The van der Waals surface area contributed by atoms with Crippen molar-refractivity contribution >= 4 is 35.0 Å². The first-order valence-corrected chi connectivity index (χ1v) is 11.0. The predicted octanol–water partition coefficient (Wildman–Crippen LogP) is 2.90. The molecule has 29 heavy (non-hydrogen) atoms. The van der Waals surface area contributed by atoms with Crippen molar-refractivity contribution in [2.24, 2.45) is 5.92 Å². The van der Waals surface area contributed by atoms with Crippen LogP contribution in [0.5, 0.6) is 0 Å². The number of hydrogen-bond acceptors (Lipinski definition) is 3. The lowest BCUT2D eigenvalue weighted by molar-refractivity contribution is -0.137. The van der Waals surface area contributed by atoms with Gasteiger partial charge in [-0.15, -0.1) is 11.6 Å². The van der Waals surface area contributed by atoms with E-state index >= 15 is 0 Å². The Kier molecular flexibility index (Phi) is 7.53. The molecule has 7 heteroatoms. The SMILES string of the molecule is CC(=O)N1CCCC(C(=O)N2CCC(N(C(=O)CCl)c3ccccc3)CC2)CC1. The fraction of sp³-hybridized carbons (Fsp3) is 0.591. The molecule has 2 heterocycles. The summed E-state index contributed by atoms with van der Waals surface area (Å²) in [5, 5.41) is 0. The Bertz CT molecular complexity index is 719.